The lowest BCUT2D eigenvalue weighted by molar-refractivity contribution is -0.117. The van der Waals surface area contributed by atoms with Crippen molar-refractivity contribution < 1.29 is 32.8 Å². The van der Waals surface area contributed by atoms with Gasteiger partial charge in [-0.15, -0.1) is 0 Å². The first-order chi connectivity index (χ1) is 29.4. The molecule has 0 unspecified atom stereocenters. The molecule has 2 saturated heterocycles. The van der Waals surface area contributed by atoms with Crippen LogP contribution >= 0.6 is 11.8 Å². The van der Waals surface area contributed by atoms with Crippen LogP contribution in [0.4, 0.5) is 13.6 Å². The van der Waals surface area contributed by atoms with Gasteiger partial charge in [0.15, 0.2) is 5.78 Å². The molecule has 2 heterocycles. The lowest BCUT2D eigenvalue weighted by Crippen LogP contribution is -2.44. The lowest BCUT2D eigenvalue weighted by Gasteiger charge is -2.31. The number of carbonyl (C=O) groups excluding carboxylic acids is 5. The second-order valence-corrected chi connectivity index (χ2v) is 16.5. The van der Waals surface area contributed by atoms with Crippen molar-refractivity contribution in [1.29, 1.82) is 0 Å². The summed E-state index contributed by atoms with van der Waals surface area (Å²) in [6.07, 6.45) is 5.20. The molecule has 2 aliphatic heterocycles. The van der Waals surface area contributed by atoms with E-state index in [0.29, 0.717) is 30.5 Å². The average Bonchev–Trinajstić information content (AvgIpc) is 3.83. The summed E-state index contributed by atoms with van der Waals surface area (Å²) >= 11 is 0.836. The Morgan fingerprint density at radius 3 is 2.25 bits per heavy atom. The minimum atomic E-state index is -1.02. The molecule has 0 aliphatic carbocycles. The van der Waals surface area contributed by atoms with Gasteiger partial charge >= 0.3 is 0 Å². The van der Waals surface area contributed by atoms with Crippen LogP contribution in [0.25, 0.3) is 23.3 Å². The molecule has 61 heavy (non-hydrogen) atoms. The number of carbonyl (C=O) groups is 5. The van der Waals surface area contributed by atoms with Gasteiger partial charge in [-0.1, -0.05) is 111 Å². The summed E-state index contributed by atoms with van der Waals surface area (Å²) in [4.78, 5) is 69.6. The Morgan fingerprint density at radius 2 is 1.54 bits per heavy atom. The van der Waals surface area contributed by atoms with Gasteiger partial charge in [-0.25, -0.2) is 8.78 Å². The number of nitrogens with one attached hydrogen (secondary N) is 2. The van der Waals surface area contributed by atoms with Crippen LogP contribution in [-0.2, 0) is 16.1 Å². The number of amides is 4. The van der Waals surface area contributed by atoms with E-state index in [-0.39, 0.29) is 41.1 Å². The third-order valence-corrected chi connectivity index (χ3v) is 11.4. The molecule has 310 valence electrons. The normalized spacial score (nSPS) is 17.1. The fraction of sp³-hybridized carbons (Fsp3) is 0.204. The highest BCUT2D eigenvalue weighted by molar-refractivity contribution is 8.18. The van der Waals surface area contributed by atoms with E-state index in [2.05, 4.69) is 53.6 Å². The smallest absolute Gasteiger partial charge is 0.290 e. The van der Waals surface area contributed by atoms with Crippen LogP contribution < -0.4 is 10.6 Å². The van der Waals surface area contributed by atoms with Gasteiger partial charge in [0.2, 0.25) is 5.91 Å². The predicted octanol–water partition coefficient (Wildman–Crippen LogP) is 8.76. The van der Waals surface area contributed by atoms with Crippen molar-refractivity contribution in [1.82, 2.24) is 20.4 Å². The number of thioether (sulfide) groups is 1. The monoisotopic (exact) mass is 838 g/mol. The first-order valence-corrected chi connectivity index (χ1v) is 20.8. The molecule has 0 radical (unpaired) electrons. The highest BCUT2D eigenvalue weighted by Crippen LogP contribution is 2.31. The van der Waals surface area contributed by atoms with E-state index < -0.39 is 40.5 Å². The van der Waals surface area contributed by atoms with Crippen molar-refractivity contribution in [2.24, 2.45) is 5.92 Å². The number of rotatable bonds is 14. The third kappa shape index (κ3) is 10.5. The number of hydrogen-bond donors (Lipinski definition) is 2. The molecule has 9 nitrogen and oxygen atoms in total. The van der Waals surface area contributed by atoms with Crippen LogP contribution in [0.2, 0.25) is 0 Å². The van der Waals surface area contributed by atoms with Crippen LogP contribution in [0, 0.1) is 17.6 Å². The SMILES string of the molecule is CC(C)CN(Cc1ccccc1-c1ccccc1)[C@@H]1C[C@@H](CNC(=O)/C=C\c2ccc(/C=C3/SC(=O)NC3=O)cc2)N(C(=O)c2ccccc2C(=O)c2ccc(F)cc2F)C1. The summed E-state index contributed by atoms with van der Waals surface area (Å²) < 4.78 is 28.7. The average molecular weight is 839 g/mol. The number of likely N-dealkylation sites (tertiary alicyclic amines) is 1. The summed E-state index contributed by atoms with van der Waals surface area (Å²) in [6.45, 7) is 6.06. The van der Waals surface area contributed by atoms with E-state index in [1.807, 2.05) is 30.3 Å². The Hall–Kier alpha value is -6.50. The molecule has 2 fully saturated rings. The first-order valence-electron chi connectivity index (χ1n) is 20.0. The summed E-state index contributed by atoms with van der Waals surface area (Å²) in [5.41, 5.74) is 4.52. The Bertz CT molecular complexity index is 2520. The van der Waals surface area contributed by atoms with Crippen molar-refractivity contribution in [3.8, 4) is 11.1 Å². The minimum Gasteiger partial charge on any atom is -0.350 e. The minimum absolute atomic E-state index is 0.0102. The van der Waals surface area contributed by atoms with Gasteiger partial charge in [-0.05, 0) is 82.3 Å². The van der Waals surface area contributed by atoms with Gasteiger partial charge in [0.05, 0.1) is 22.1 Å². The highest BCUT2D eigenvalue weighted by atomic mass is 32.2. The number of hydrogen-bond acceptors (Lipinski definition) is 7. The van der Waals surface area contributed by atoms with Gasteiger partial charge in [0.1, 0.15) is 11.6 Å². The van der Waals surface area contributed by atoms with Crippen LogP contribution in [0.5, 0.6) is 0 Å². The van der Waals surface area contributed by atoms with E-state index in [1.165, 1.54) is 18.2 Å². The summed E-state index contributed by atoms with van der Waals surface area (Å²) in [6, 6.07) is 33.9. The van der Waals surface area contributed by atoms with E-state index in [4.69, 9.17) is 0 Å². The molecular formula is C49H44F2N4O5S. The molecule has 0 saturated carbocycles. The second kappa shape index (κ2) is 19.3. The number of nitrogens with zero attached hydrogens (tertiary/aromatic N) is 2. The van der Waals surface area contributed by atoms with Gasteiger partial charge in [-0.3, -0.25) is 34.2 Å². The molecular weight excluding hydrogens is 795 g/mol. The first kappa shape index (κ1) is 42.6. The number of imide groups is 1. The molecule has 0 aromatic heterocycles. The fourth-order valence-electron chi connectivity index (χ4n) is 7.75. The predicted molar refractivity (Wildman–Crippen MR) is 234 cm³/mol. The van der Waals surface area contributed by atoms with Crippen LogP contribution in [0.1, 0.15) is 63.2 Å². The largest absolute Gasteiger partial charge is 0.350 e. The maximum atomic E-state index is 14.9. The quantitative estimate of drug-likeness (QED) is 0.0849. The molecule has 0 spiro atoms. The topological polar surface area (TPSA) is 116 Å². The highest BCUT2D eigenvalue weighted by Gasteiger charge is 2.40. The molecule has 5 aromatic rings. The Labute approximate surface area is 357 Å². The van der Waals surface area contributed by atoms with Crippen LogP contribution in [0.15, 0.2) is 132 Å². The lowest BCUT2D eigenvalue weighted by atomic mass is 9.97. The number of ketones is 1. The molecule has 4 amide bonds. The molecule has 12 heteroatoms. The Balaban J connectivity index is 1.13. The van der Waals surface area contributed by atoms with Crippen LogP contribution in [-0.4, -0.2) is 70.3 Å². The summed E-state index contributed by atoms with van der Waals surface area (Å²) in [7, 11) is 0. The van der Waals surface area contributed by atoms with Crippen molar-refractivity contribution in [3.63, 3.8) is 0 Å². The molecule has 2 aliphatic rings. The summed E-state index contributed by atoms with van der Waals surface area (Å²) in [5.74, 6) is -3.55. The molecule has 0 bridgehead atoms. The standard InChI is InChI=1S/C49H44F2N4O5S/c1-31(2)28-54(29-35-12-6-7-13-39(35)34-10-4-3-5-11-34)38-26-37(27-52-45(56)23-20-32-16-18-33(19-17-32)24-44-47(58)53-49(60)61-44)55(30-38)48(59)41-15-9-8-14-40(41)46(57)42-22-21-36(50)25-43(42)51/h3-25,31,37-38H,26-30H2,1-2H3,(H,52,56)(H,53,58,60)/b23-20-,44-24+/t37-,38+/m0/s1. The maximum Gasteiger partial charge on any atom is 0.290 e. The fourth-order valence-corrected chi connectivity index (χ4v) is 8.44. The molecule has 2 N–H and O–H groups in total. The molecule has 2 atom stereocenters. The Morgan fingerprint density at radius 1 is 0.852 bits per heavy atom. The maximum absolute atomic E-state index is 14.9. The second-order valence-electron chi connectivity index (χ2n) is 15.4. The Kier molecular flexibility index (Phi) is 13.5. The van der Waals surface area contributed by atoms with Crippen molar-refractivity contribution >= 4 is 52.7 Å². The van der Waals surface area contributed by atoms with Crippen LogP contribution in [0.3, 0.4) is 0 Å². The zero-order valence-electron chi connectivity index (χ0n) is 33.6. The number of benzene rings is 5. The molecule has 7 rings (SSSR count). The zero-order chi connectivity index (χ0) is 43.0. The van der Waals surface area contributed by atoms with Crippen molar-refractivity contribution in [2.75, 3.05) is 19.6 Å². The third-order valence-electron chi connectivity index (χ3n) is 10.6. The van der Waals surface area contributed by atoms with E-state index >= 15 is 0 Å². The van der Waals surface area contributed by atoms with Gasteiger partial charge in [0.25, 0.3) is 17.1 Å². The number of halogens is 2. The molecule has 5 aromatic carbocycles. The van der Waals surface area contributed by atoms with Crippen molar-refractivity contribution in [3.05, 3.63) is 177 Å². The van der Waals surface area contributed by atoms with Crippen molar-refractivity contribution in [2.45, 2.75) is 38.9 Å². The van der Waals surface area contributed by atoms with E-state index in [9.17, 15) is 32.8 Å². The zero-order valence-corrected chi connectivity index (χ0v) is 34.5. The van der Waals surface area contributed by atoms with Gasteiger partial charge < -0.3 is 10.2 Å². The van der Waals surface area contributed by atoms with E-state index in [0.717, 1.165) is 58.3 Å². The van der Waals surface area contributed by atoms with Gasteiger partial charge in [0, 0.05) is 49.9 Å². The summed E-state index contributed by atoms with van der Waals surface area (Å²) in [5, 5.41) is 4.79. The van der Waals surface area contributed by atoms with E-state index in [1.54, 1.807) is 53.5 Å². The van der Waals surface area contributed by atoms with Gasteiger partial charge in [-0.2, -0.15) is 0 Å².